The molecule has 1 amide bonds. The van der Waals surface area contributed by atoms with E-state index in [2.05, 4.69) is 5.32 Å². The van der Waals surface area contributed by atoms with Gasteiger partial charge in [0.25, 0.3) is 0 Å². The summed E-state index contributed by atoms with van der Waals surface area (Å²) in [6.07, 6.45) is -1.23. The van der Waals surface area contributed by atoms with Crippen LogP contribution in [0.3, 0.4) is 0 Å². The fraction of sp³-hybridized carbons (Fsp3) is 0.364. The van der Waals surface area contributed by atoms with Gasteiger partial charge in [-0.15, -0.1) is 0 Å². The predicted molar refractivity (Wildman–Crippen MR) is 61.6 cm³/mol. The molecule has 0 aliphatic rings. The number of hydrogen-bond donors (Lipinski definition) is 4. The van der Waals surface area contributed by atoms with Crippen molar-refractivity contribution >= 4 is 5.91 Å². The van der Waals surface area contributed by atoms with Crippen LogP contribution in [0, 0.1) is 0 Å². The Morgan fingerprint density at radius 3 is 2.88 bits per heavy atom. The van der Waals surface area contributed by atoms with Gasteiger partial charge in [-0.2, -0.15) is 0 Å². The van der Waals surface area contributed by atoms with Crippen LogP contribution in [0.4, 0.5) is 0 Å². The first-order valence-electron chi connectivity index (χ1n) is 5.09. The number of ether oxygens (including phenoxy) is 1. The number of benzene rings is 1. The molecule has 1 rings (SSSR count). The van der Waals surface area contributed by atoms with Crippen LogP contribution in [-0.4, -0.2) is 35.9 Å². The SMILES string of the molecule is COc1cccc(CNCC(O)C(N)=O)c1O. The fourth-order valence-electron chi connectivity index (χ4n) is 1.32. The van der Waals surface area contributed by atoms with Gasteiger partial charge in [0.15, 0.2) is 11.5 Å². The summed E-state index contributed by atoms with van der Waals surface area (Å²) >= 11 is 0. The van der Waals surface area contributed by atoms with Crippen molar-refractivity contribution in [1.82, 2.24) is 5.32 Å². The maximum Gasteiger partial charge on any atom is 0.247 e. The van der Waals surface area contributed by atoms with Crippen molar-refractivity contribution in [3.63, 3.8) is 0 Å². The van der Waals surface area contributed by atoms with Gasteiger partial charge in [-0.25, -0.2) is 0 Å². The molecule has 1 aromatic carbocycles. The molecule has 1 aromatic rings. The topological polar surface area (TPSA) is 105 Å². The number of carbonyl (C=O) groups excluding carboxylic acids is 1. The maximum atomic E-state index is 10.6. The van der Waals surface area contributed by atoms with Crippen molar-refractivity contribution in [3.8, 4) is 11.5 Å². The molecule has 0 radical (unpaired) electrons. The van der Waals surface area contributed by atoms with Gasteiger partial charge in [-0.1, -0.05) is 12.1 Å². The Kier molecular flexibility index (Phi) is 4.74. The van der Waals surface area contributed by atoms with Crippen LogP contribution in [0.5, 0.6) is 11.5 Å². The van der Waals surface area contributed by atoms with E-state index in [1.54, 1.807) is 18.2 Å². The number of methoxy groups -OCH3 is 1. The van der Waals surface area contributed by atoms with Gasteiger partial charge in [0.2, 0.25) is 5.91 Å². The fourth-order valence-corrected chi connectivity index (χ4v) is 1.32. The Hall–Kier alpha value is -1.79. The number of nitrogens with two attached hydrogens (primary N) is 1. The largest absolute Gasteiger partial charge is 0.504 e. The first-order chi connectivity index (χ1) is 8.06. The summed E-state index contributed by atoms with van der Waals surface area (Å²) in [5.74, 6) is -0.372. The number of amides is 1. The number of nitrogens with one attached hydrogen (secondary N) is 1. The monoisotopic (exact) mass is 240 g/mol. The minimum absolute atomic E-state index is 0.0337. The van der Waals surface area contributed by atoms with Gasteiger partial charge in [0, 0.05) is 18.7 Å². The second kappa shape index (κ2) is 6.07. The summed E-state index contributed by atoms with van der Waals surface area (Å²) in [7, 11) is 1.46. The lowest BCUT2D eigenvalue weighted by atomic mass is 10.2. The first-order valence-corrected chi connectivity index (χ1v) is 5.09. The lowest BCUT2D eigenvalue weighted by Crippen LogP contribution is -2.37. The summed E-state index contributed by atoms with van der Waals surface area (Å²) in [5, 5.41) is 21.7. The minimum Gasteiger partial charge on any atom is -0.504 e. The number of phenols is 1. The van der Waals surface area contributed by atoms with E-state index in [4.69, 9.17) is 15.6 Å². The molecule has 1 atom stereocenters. The molecule has 5 N–H and O–H groups in total. The van der Waals surface area contributed by atoms with Crippen LogP contribution in [-0.2, 0) is 11.3 Å². The second-order valence-corrected chi connectivity index (χ2v) is 3.52. The van der Waals surface area contributed by atoms with E-state index in [1.807, 2.05) is 0 Å². The van der Waals surface area contributed by atoms with Crippen molar-refractivity contribution in [2.75, 3.05) is 13.7 Å². The highest BCUT2D eigenvalue weighted by Crippen LogP contribution is 2.28. The van der Waals surface area contributed by atoms with Gasteiger partial charge < -0.3 is 26.0 Å². The van der Waals surface area contributed by atoms with Crippen molar-refractivity contribution in [1.29, 1.82) is 0 Å². The molecule has 0 aliphatic heterocycles. The Balaban J connectivity index is 2.55. The molecule has 0 fully saturated rings. The first kappa shape index (κ1) is 13.3. The number of rotatable bonds is 6. The number of hydrogen-bond acceptors (Lipinski definition) is 5. The molecule has 0 saturated carbocycles. The number of aromatic hydroxyl groups is 1. The van der Waals surface area contributed by atoms with E-state index in [1.165, 1.54) is 7.11 Å². The number of para-hydroxylation sites is 1. The third-order valence-electron chi connectivity index (χ3n) is 2.28. The summed E-state index contributed by atoms with van der Waals surface area (Å²) in [4.78, 5) is 10.6. The second-order valence-electron chi connectivity index (χ2n) is 3.52. The Morgan fingerprint density at radius 1 is 1.59 bits per heavy atom. The van der Waals surface area contributed by atoms with Gasteiger partial charge in [0.1, 0.15) is 6.10 Å². The summed E-state index contributed by atoms with van der Waals surface area (Å²) in [6.45, 7) is 0.333. The van der Waals surface area contributed by atoms with Crippen LogP contribution in [0.2, 0.25) is 0 Å². The van der Waals surface area contributed by atoms with Gasteiger partial charge in [0.05, 0.1) is 7.11 Å². The van der Waals surface area contributed by atoms with Gasteiger partial charge in [-0.05, 0) is 6.07 Å². The van der Waals surface area contributed by atoms with Gasteiger partial charge in [-0.3, -0.25) is 4.79 Å². The summed E-state index contributed by atoms with van der Waals surface area (Å²) < 4.78 is 4.95. The van der Waals surface area contributed by atoms with Gasteiger partial charge >= 0.3 is 0 Å². The van der Waals surface area contributed by atoms with Crippen LogP contribution < -0.4 is 15.8 Å². The average molecular weight is 240 g/mol. The standard InChI is InChI=1S/C11H16N2O4/c1-17-9-4-2-3-7(10(9)15)5-13-6-8(14)11(12)16/h2-4,8,13-15H,5-6H2,1H3,(H2,12,16). The molecule has 6 heteroatoms. The van der Waals surface area contributed by atoms with Crippen LogP contribution in [0.25, 0.3) is 0 Å². The number of primary amides is 1. The van der Waals surface area contributed by atoms with Crippen molar-refractivity contribution in [2.24, 2.45) is 5.73 Å². The molecule has 0 heterocycles. The van der Waals surface area contributed by atoms with Crippen molar-refractivity contribution in [2.45, 2.75) is 12.6 Å². The highest BCUT2D eigenvalue weighted by Gasteiger charge is 2.11. The molecule has 0 aliphatic carbocycles. The third-order valence-corrected chi connectivity index (χ3v) is 2.28. The van der Waals surface area contributed by atoms with E-state index in [0.29, 0.717) is 17.9 Å². The highest BCUT2D eigenvalue weighted by atomic mass is 16.5. The van der Waals surface area contributed by atoms with Crippen molar-refractivity contribution < 1.29 is 19.7 Å². The number of aliphatic hydroxyl groups excluding tert-OH is 1. The molecule has 0 aromatic heterocycles. The lowest BCUT2D eigenvalue weighted by molar-refractivity contribution is -0.125. The molecule has 6 nitrogen and oxygen atoms in total. The molecule has 0 spiro atoms. The van der Waals surface area contributed by atoms with E-state index in [-0.39, 0.29) is 12.3 Å². The van der Waals surface area contributed by atoms with Crippen LogP contribution >= 0.6 is 0 Å². The van der Waals surface area contributed by atoms with Crippen LogP contribution in [0.1, 0.15) is 5.56 Å². The Labute approximate surface area is 99.0 Å². The normalized spacial score (nSPS) is 12.1. The van der Waals surface area contributed by atoms with Crippen molar-refractivity contribution in [3.05, 3.63) is 23.8 Å². The zero-order valence-electron chi connectivity index (χ0n) is 9.51. The highest BCUT2D eigenvalue weighted by molar-refractivity contribution is 5.78. The maximum absolute atomic E-state index is 10.6. The van der Waals surface area contributed by atoms with E-state index < -0.39 is 12.0 Å². The molecule has 17 heavy (non-hydrogen) atoms. The predicted octanol–water partition coefficient (Wildman–Crippen LogP) is -0.663. The lowest BCUT2D eigenvalue weighted by Gasteiger charge is -2.11. The molecular weight excluding hydrogens is 224 g/mol. The molecule has 0 bridgehead atoms. The molecule has 0 saturated heterocycles. The van der Waals surface area contributed by atoms with E-state index in [0.717, 1.165) is 0 Å². The van der Waals surface area contributed by atoms with Crippen LogP contribution in [0.15, 0.2) is 18.2 Å². The smallest absolute Gasteiger partial charge is 0.247 e. The minimum atomic E-state index is -1.23. The molecule has 1 unspecified atom stereocenters. The summed E-state index contributed by atoms with van der Waals surface area (Å²) in [6, 6.07) is 5.08. The van der Waals surface area contributed by atoms with E-state index >= 15 is 0 Å². The zero-order chi connectivity index (χ0) is 12.8. The quantitative estimate of drug-likeness (QED) is 0.528. The van der Waals surface area contributed by atoms with E-state index in [9.17, 15) is 9.90 Å². The number of phenolic OH excluding ortho intramolecular Hbond substituents is 1. The summed E-state index contributed by atoms with van der Waals surface area (Å²) in [5.41, 5.74) is 5.50. The third kappa shape index (κ3) is 3.61. The Morgan fingerprint density at radius 2 is 2.29 bits per heavy atom. The number of aliphatic hydroxyl groups is 1. The zero-order valence-corrected chi connectivity index (χ0v) is 9.51. The average Bonchev–Trinajstić information content (AvgIpc) is 2.31. The number of carbonyl (C=O) groups is 1. The molecule has 94 valence electrons. The Bertz CT molecular complexity index is 395. The molecular formula is C11H16N2O4.